The number of hydrogen-bond donors (Lipinski definition) is 0. The van der Waals surface area contributed by atoms with Crippen LogP contribution >= 0.6 is 0 Å². The molecule has 0 aliphatic carbocycles. The van der Waals surface area contributed by atoms with Gasteiger partial charge in [0, 0.05) is 25.4 Å². The molecule has 0 spiro atoms. The maximum Gasteiger partial charge on any atom is 0.121 e. The second-order valence-corrected chi connectivity index (χ2v) is 1.76. The van der Waals surface area contributed by atoms with Crippen LogP contribution in [0.25, 0.3) is 0 Å². The first-order valence-corrected chi connectivity index (χ1v) is 2.83. The Morgan fingerprint density at radius 1 is 1.67 bits per heavy atom. The summed E-state index contributed by atoms with van der Waals surface area (Å²) in [5, 5.41) is 0. The lowest BCUT2D eigenvalue weighted by Gasteiger charge is -1.92. The molecule has 1 aromatic rings. The quantitative estimate of drug-likeness (QED) is 0.549. The van der Waals surface area contributed by atoms with Gasteiger partial charge in [0.05, 0.1) is 6.33 Å². The zero-order valence-electron chi connectivity index (χ0n) is 5.03. The van der Waals surface area contributed by atoms with Crippen LogP contribution in [-0.4, -0.2) is 15.8 Å². The molecule has 0 atom stereocenters. The summed E-state index contributed by atoms with van der Waals surface area (Å²) in [5.41, 5.74) is 0. The van der Waals surface area contributed by atoms with E-state index in [9.17, 15) is 4.79 Å². The normalized spacial score (nSPS) is 9.33. The van der Waals surface area contributed by atoms with Crippen LogP contribution in [0.2, 0.25) is 0 Å². The Bertz CT molecular complexity index is 169. The Morgan fingerprint density at radius 3 is 3.11 bits per heavy atom. The molecule has 0 aliphatic heterocycles. The fraction of sp³-hybridized carbons (Fsp3) is 0.333. The Labute approximate surface area is 53.3 Å². The van der Waals surface area contributed by atoms with Crippen molar-refractivity contribution in [3.05, 3.63) is 18.7 Å². The molecule has 1 aromatic heterocycles. The van der Waals surface area contributed by atoms with Gasteiger partial charge in [-0.15, -0.1) is 0 Å². The van der Waals surface area contributed by atoms with E-state index in [0.29, 0.717) is 6.42 Å². The van der Waals surface area contributed by atoms with Gasteiger partial charge in [-0.25, -0.2) is 4.98 Å². The lowest BCUT2D eigenvalue weighted by molar-refractivity contribution is -0.108. The first-order chi connectivity index (χ1) is 4.43. The molecule has 0 saturated carbocycles. The van der Waals surface area contributed by atoms with Gasteiger partial charge in [-0.1, -0.05) is 0 Å². The number of aryl methyl sites for hydroxylation is 1. The van der Waals surface area contributed by atoms with Gasteiger partial charge in [-0.3, -0.25) is 0 Å². The highest BCUT2D eigenvalue weighted by molar-refractivity contribution is 5.48. The summed E-state index contributed by atoms with van der Waals surface area (Å²) >= 11 is 0. The van der Waals surface area contributed by atoms with Crippen LogP contribution in [0.4, 0.5) is 0 Å². The molecule has 0 aromatic carbocycles. The average Bonchev–Trinajstić information content (AvgIpc) is 2.34. The molecule has 1 heterocycles. The van der Waals surface area contributed by atoms with E-state index in [0.717, 1.165) is 12.8 Å². The van der Waals surface area contributed by atoms with Gasteiger partial charge in [0.15, 0.2) is 0 Å². The van der Waals surface area contributed by atoms with Gasteiger partial charge < -0.3 is 9.36 Å². The number of carbonyl (C=O) groups is 1. The highest BCUT2D eigenvalue weighted by Gasteiger charge is 1.85. The molecule has 0 unspecified atom stereocenters. The fourth-order valence-corrected chi connectivity index (χ4v) is 0.621. The van der Waals surface area contributed by atoms with Crippen LogP contribution in [0, 0.1) is 0 Å². The van der Waals surface area contributed by atoms with Crippen LogP contribution in [0.5, 0.6) is 0 Å². The summed E-state index contributed by atoms with van der Waals surface area (Å²) in [6, 6.07) is 0. The molecule has 0 aliphatic rings. The van der Waals surface area contributed by atoms with Crippen molar-refractivity contribution in [2.75, 3.05) is 0 Å². The molecule has 0 amide bonds. The van der Waals surface area contributed by atoms with Crippen LogP contribution in [-0.2, 0) is 11.3 Å². The number of aldehydes is 1. The van der Waals surface area contributed by atoms with Crippen molar-refractivity contribution in [2.24, 2.45) is 0 Å². The van der Waals surface area contributed by atoms with Gasteiger partial charge in [0.25, 0.3) is 0 Å². The molecular weight excluding hydrogens is 116 g/mol. The summed E-state index contributed by atoms with van der Waals surface area (Å²) in [4.78, 5) is 13.7. The molecule has 9 heavy (non-hydrogen) atoms. The van der Waals surface area contributed by atoms with E-state index in [1.807, 2.05) is 10.8 Å². The maximum atomic E-state index is 9.87. The second kappa shape index (κ2) is 3.02. The Morgan fingerprint density at radius 2 is 2.56 bits per heavy atom. The van der Waals surface area contributed by atoms with E-state index in [4.69, 9.17) is 0 Å². The van der Waals surface area contributed by atoms with Crippen molar-refractivity contribution in [3.8, 4) is 0 Å². The van der Waals surface area contributed by atoms with Gasteiger partial charge in [-0.05, 0) is 0 Å². The highest BCUT2D eigenvalue weighted by atomic mass is 16.1. The minimum absolute atomic E-state index is 0.566. The predicted molar refractivity (Wildman–Crippen MR) is 32.9 cm³/mol. The molecule has 48 valence electrons. The van der Waals surface area contributed by atoms with E-state index < -0.39 is 0 Å². The highest BCUT2D eigenvalue weighted by Crippen LogP contribution is 1.86. The molecule has 1 rings (SSSR count). The van der Waals surface area contributed by atoms with Crippen molar-refractivity contribution in [1.29, 1.82) is 0 Å². The standard InChI is InChI=1S/C6H8N2O/c9-5-1-3-8-4-2-7-6-8/h2,4-6H,1,3H2. The molecular formula is C6H8N2O. The van der Waals surface area contributed by atoms with E-state index >= 15 is 0 Å². The number of hydrogen-bond acceptors (Lipinski definition) is 2. The number of aromatic nitrogens is 2. The van der Waals surface area contributed by atoms with Crippen molar-refractivity contribution < 1.29 is 4.79 Å². The van der Waals surface area contributed by atoms with E-state index in [1.165, 1.54) is 0 Å². The third kappa shape index (κ3) is 1.68. The number of carbonyl (C=O) groups excluding carboxylic acids is 1. The van der Waals surface area contributed by atoms with Gasteiger partial charge in [-0.2, -0.15) is 0 Å². The number of nitrogens with zero attached hydrogens (tertiary/aromatic N) is 2. The van der Waals surface area contributed by atoms with Crippen molar-refractivity contribution in [2.45, 2.75) is 13.0 Å². The van der Waals surface area contributed by atoms with Gasteiger partial charge in [0.1, 0.15) is 6.29 Å². The molecule has 0 radical (unpaired) electrons. The first kappa shape index (κ1) is 6.01. The predicted octanol–water partition coefficient (Wildman–Crippen LogP) is 0.472. The van der Waals surface area contributed by atoms with Crippen LogP contribution in [0.1, 0.15) is 6.42 Å². The van der Waals surface area contributed by atoms with E-state index in [2.05, 4.69) is 4.98 Å². The third-order valence-corrected chi connectivity index (χ3v) is 1.06. The maximum absolute atomic E-state index is 9.87. The summed E-state index contributed by atoms with van der Waals surface area (Å²) in [6.07, 6.45) is 6.70. The molecule has 0 saturated heterocycles. The second-order valence-electron chi connectivity index (χ2n) is 1.76. The van der Waals surface area contributed by atoms with Gasteiger partial charge in [0.2, 0.25) is 0 Å². The smallest absolute Gasteiger partial charge is 0.121 e. The zero-order valence-corrected chi connectivity index (χ0v) is 5.03. The molecule has 0 bridgehead atoms. The van der Waals surface area contributed by atoms with Crippen LogP contribution < -0.4 is 0 Å². The lowest BCUT2D eigenvalue weighted by atomic mass is 10.5. The van der Waals surface area contributed by atoms with E-state index in [-0.39, 0.29) is 0 Å². The largest absolute Gasteiger partial charge is 0.337 e. The van der Waals surface area contributed by atoms with Gasteiger partial charge >= 0.3 is 0 Å². The number of imidazole rings is 1. The fourth-order valence-electron chi connectivity index (χ4n) is 0.621. The number of rotatable bonds is 3. The summed E-state index contributed by atoms with van der Waals surface area (Å²) < 4.78 is 1.87. The monoisotopic (exact) mass is 124 g/mol. The topological polar surface area (TPSA) is 34.9 Å². The van der Waals surface area contributed by atoms with Crippen molar-refractivity contribution in [3.63, 3.8) is 0 Å². The van der Waals surface area contributed by atoms with Crippen molar-refractivity contribution in [1.82, 2.24) is 9.55 Å². The van der Waals surface area contributed by atoms with E-state index in [1.54, 1.807) is 12.5 Å². The molecule has 0 N–H and O–H groups in total. The Balaban J connectivity index is 2.38. The molecule has 0 fully saturated rings. The summed E-state index contributed by atoms with van der Waals surface area (Å²) in [5.74, 6) is 0. The first-order valence-electron chi connectivity index (χ1n) is 2.83. The third-order valence-electron chi connectivity index (χ3n) is 1.06. The summed E-state index contributed by atoms with van der Waals surface area (Å²) in [7, 11) is 0. The average molecular weight is 124 g/mol. The minimum atomic E-state index is 0.566. The lowest BCUT2D eigenvalue weighted by Crippen LogP contribution is -1.93. The minimum Gasteiger partial charge on any atom is -0.337 e. The van der Waals surface area contributed by atoms with Crippen LogP contribution in [0.15, 0.2) is 18.7 Å². The SMILES string of the molecule is O=CCCn1ccnc1. The Kier molecular flexibility index (Phi) is 2.01. The zero-order chi connectivity index (χ0) is 6.53. The molecule has 3 nitrogen and oxygen atoms in total. The van der Waals surface area contributed by atoms with Crippen molar-refractivity contribution >= 4 is 6.29 Å². The Hall–Kier alpha value is -1.12. The van der Waals surface area contributed by atoms with Crippen LogP contribution in [0.3, 0.4) is 0 Å². The molecule has 3 heteroatoms. The summed E-state index contributed by atoms with van der Waals surface area (Å²) in [6.45, 7) is 0.740.